The van der Waals surface area contributed by atoms with E-state index in [4.69, 9.17) is 10.7 Å². The van der Waals surface area contributed by atoms with E-state index >= 15 is 0 Å². The van der Waals surface area contributed by atoms with Gasteiger partial charge in [0, 0.05) is 37.7 Å². The Balaban J connectivity index is 1.17. The van der Waals surface area contributed by atoms with E-state index in [1.165, 1.54) is 17.3 Å². The van der Waals surface area contributed by atoms with Gasteiger partial charge in [0.2, 0.25) is 5.95 Å². The second kappa shape index (κ2) is 7.92. The summed E-state index contributed by atoms with van der Waals surface area (Å²) in [5, 5.41) is 7.59. The monoisotopic (exact) mass is 503 g/mol. The predicted octanol–water partition coefficient (Wildman–Crippen LogP) is 3.90. The van der Waals surface area contributed by atoms with Crippen molar-refractivity contribution in [3.05, 3.63) is 81.0 Å². The Hall–Kier alpha value is -3.66. The van der Waals surface area contributed by atoms with Gasteiger partial charge < -0.3 is 10.6 Å². The number of anilines is 1. The van der Waals surface area contributed by atoms with Gasteiger partial charge in [-0.25, -0.2) is 0 Å². The molecular weight excluding hydrogens is 476 g/mol. The highest BCUT2D eigenvalue weighted by molar-refractivity contribution is 5.79. The minimum Gasteiger partial charge on any atom is -0.342 e. The maximum absolute atomic E-state index is 14.5. The molecule has 0 amide bonds. The number of rotatable bonds is 2. The molecule has 7 rings (SSSR count). The number of aromatic amines is 2. The largest absolute Gasteiger partial charge is 0.342 e. The molecule has 0 saturated carbocycles. The summed E-state index contributed by atoms with van der Waals surface area (Å²) in [7, 11) is 0. The number of nitrogens with zero attached hydrogens (tertiary/aromatic N) is 4. The third-order valence-corrected chi connectivity index (χ3v) is 8.73. The highest BCUT2D eigenvalue weighted by Crippen LogP contribution is 2.51. The third-order valence-electron chi connectivity index (χ3n) is 8.73. The van der Waals surface area contributed by atoms with E-state index in [0.717, 1.165) is 32.4 Å². The number of alkyl halides is 2. The summed E-state index contributed by atoms with van der Waals surface area (Å²) in [5.41, 5.74) is 9.95. The van der Waals surface area contributed by atoms with Crippen LogP contribution < -0.4 is 16.2 Å². The van der Waals surface area contributed by atoms with Gasteiger partial charge in [-0.15, -0.1) is 0 Å². The number of fused-ring (bicyclic) bond motifs is 3. The molecule has 37 heavy (non-hydrogen) atoms. The lowest BCUT2D eigenvalue weighted by molar-refractivity contribution is -0.0284. The van der Waals surface area contributed by atoms with E-state index in [2.05, 4.69) is 43.3 Å². The maximum Gasteiger partial charge on any atom is 0.290 e. The molecule has 1 saturated heterocycles. The van der Waals surface area contributed by atoms with E-state index in [1.54, 1.807) is 12.1 Å². The molecule has 1 fully saturated rings. The lowest BCUT2D eigenvalue weighted by atomic mass is 9.73. The molecule has 0 bridgehead atoms. The van der Waals surface area contributed by atoms with Crippen LogP contribution in [0.1, 0.15) is 65.7 Å². The molecule has 4 aromatic rings. The van der Waals surface area contributed by atoms with Crippen LogP contribution in [0, 0.1) is 5.41 Å². The Kier molecular flexibility index (Phi) is 4.82. The average molecular weight is 504 g/mol. The van der Waals surface area contributed by atoms with Gasteiger partial charge in [-0.3, -0.25) is 19.9 Å². The first kappa shape index (κ1) is 22.5. The van der Waals surface area contributed by atoms with Crippen LogP contribution in [0.25, 0.3) is 11.0 Å². The third kappa shape index (κ3) is 3.34. The van der Waals surface area contributed by atoms with E-state index < -0.39 is 11.8 Å². The van der Waals surface area contributed by atoms with Gasteiger partial charge in [0.1, 0.15) is 11.1 Å². The first-order chi connectivity index (χ1) is 17.9. The minimum absolute atomic E-state index is 0.00995. The molecule has 1 aromatic carbocycles. The fraction of sp³-hybridized carbons (Fsp3) is 0.407. The number of piperidine rings is 1. The second-order valence-electron chi connectivity index (χ2n) is 10.7. The first-order valence-corrected chi connectivity index (χ1v) is 12.8. The standard InChI is InChI=1S/C27H27F2N7O/c28-27(29)8-7-17(18-6-3-11-31-22(18)27)20-19-23(35-34-20)32-25(33-24(19)37)36-12-9-26(10-13-36)14-15-4-1-2-5-16(15)21(26)30/h1-6,11,17,21H,7-10,12-14,30H2,(H2,32,33,34,35,37)/t17?,21-/m1/s1. The first-order valence-electron chi connectivity index (χ1n) is 12.8. The summed E-state index contributed by atoms with van der Waals surface area (Å²) in [5.74, 6) is -2.96. The summed E-state index contributed by atoms with van der Waals surface area (Å²) in [6, 6.07) is 11.7. The Morgan fingerprint density at radius 2 is 1.84 bits per heavy atom. The van der Waals surface area contributed by atoms with Crippen molar-refractivity contribution in [1.82, 2.24) is 25.1 Å². The molecule has 1 unspecified atom stereocenters. The molecule has 0 radical (unpaired) electrons. The molecule has 190 valence electrons. The van der Waals surface area contributed by atoms with Crippen LogP contribution in [-0.2, 0) is 12.3 Å². The number of pyridine rings is 1. The second-order valence-corrected chi connectivity index (χ2v) is 10.7. The Morgan fingerprint density at radius 3 is 2.65 bits per heavy atom. The average Bonchev–Trinajstić information content (AvgIpc) is 3.44. The number of benzene rings is 1. The number of nitrogens with two attached hydrogens (primary N) is 1. The van der Waals surface area contributed by atoms with Crippen LogP contribution in [0.2, 0.25) is 0 Å². The Morgan fingerprint density at radius 1 is 1.05 bits per heavy atom. The van der Waals surface area contributed by atoms with Crippen molar-refractivity contribution in [2.24, 2.45) is 11.1 Å². The van der Waals surface area contributed by atoms with Gasteiger partial charge in [0.15, 0.2) is 5.65 Å². The van der Waals surface area contributed by atoms with Gasteiger partial charge >= 0.3 is 0 Å². The van der Waals surface area contributed by atoms with E-state index in [-0.39, 0.29) is 35.6 Å². The molecule has 3 aliphatic rings. The molecule has 10 heteroatoms. The topological polar surface area (TPSA) is 117 Å². The summed E-state index contributed by atoms with van der Waals surface area (Å²) < 4.78 is 29.0. The summed E-state index contributed by atoms with van der Waals surface area (Å²) in [6.45, 7) is 1.46. The molecule has 4 heterocycles. The quantitative estimate of drug-likeness (QED) is 0.382. The number of halogens is 2. The summed E-state index contributed by atoms with van der Waals surface area (Å²) in [4.78, 5) is 27.0. The van der Waals surface area contributed by atoms with Crippen LogP contribution in [0.4, 0.5) is 14.7 Å². The van der Waals surface area contributed by atoms with Crippen LogP contribution in [0.3, 0.4) is 0 Å². The fourth-order valence-corrected chi connectivity index (χ4v) is 6.71. The zero-order chi connectivity index (χ0) is 25.4. The van der Waals surface area contributed by atoms with Crippen LogP contribution in [-0.4, -0.2) is 38.2 Å². The van der Waals surface area contributed by atoms with E-state index in [9.17, 15) is 13.6 Å². The lowest BCUT2D eigenvalue weighted by Gasteiger charge is -2.42. The Bertz CT molecular complexity index is 1570. The van der Waals surface area contributed by atoms with Crippen molar-refractivity contribution in [3.63, 3.8) is 0 Å². The highest BCUT2D eigenvalue weighted by Gasteiger charge is 2.46. The molecule has 8 nitrogen and oxygen atoms in total. The van der Waals surface area contributed by atoms with Gasteiger partial charge in [-0.2, -0.15) is 18.9 Å². The Labute approximate surface area is 211 Å². The van der Waals surface area contributed by atoms with Crippen LogP contribution >= 0.6 is 0 Å². The van der Waals surface area contributed by atoms with Crippen LogP contribution in [0.5, 0.6) is 0 Å². The molecule has 2 atom stereocenters. The van der Waals surface area contributed by atoms with Crippen molar-refractivity contribution in [2.75, 3.05) is 18.0 Å². The van der Waals surface area contributed by atoms with Crippen molar-refractivity contribution >= 4 is 17.0 Å². The predicted molar refractivity (Wildman–Crippen MR) is 135 cm³/mol. The number of hydrogen-bond donors (Lipinski definition) is 3. The summed E-state index contributed by atoms with van der Waals surface area (Å²) in [6.07, 6.45) is 3.97. The maximum atomic E-state index is 14.5. The molecular formula is C27H27F2N7O. The van der Waals surface area contributed by atoms with E-state index in [1.807, 2.05) is 6.07 Å². The minimum atomic E-state index is -2.99. The van der Waals surface area contributed by atoms with Gasteiger partial charge in [-0.1, -0.05) is 30.3 Å². The van der Waals surface area contributed by atoms with Gasteiger partial charge in [0.05, 0.1) is 5.69 Å². The van der Waals surface area contributed by atoms with Crippen LogP contribution in [0.15, 0.2) is 47.4 Å². The number of nitrogens with one attached hydrogen (secondary N) is 2. The SMILES string of the molecule is N[C@@H]1c2ccccc2CC12CCN(c1nc3[nH]nc(C4CCC(F)(F)c5ncccc54)c3c(=O)[nH]1)CC2. The van der Waals surface area contributed by atoms with Crippen molar-refractivity contribution < 1.29 is 8.78 Å². The molecule has 3 aromatic heterocycles. The number of H-pyrrole nitrogens is 2. The summed E-state index contributed by atoms with van der Waals surface area (Å²) >= 11 is 0. The molecule has 1 aliphatic heterocycles. The zero-order valence-corrected chi connectivity index (χ0v) is 20.2. The number of aromatic nitrogens is 5. The normalized spacial score (nSPS) is 23.8. The molecule has 4 N–H and O–H groups in total. The fourth-order valence-electron chi connectivity index (χ4n) is 6.71. The van der Waals surface area contributed by atoms with E-state index in [0.29, 0.717) is 28.2 Å². The highest BCUT2D eigenvalue weighted by atomic mass is 19.3. The van der Waals surface area contributed by atoms with Crippen molar-refractivity contribution in [1.29, 1.82) is 0 Å². The van der Waals surface area contributed by atoms with Gasteiger partial charge in [-0.05, 0) is 53.9 Å². The van der Waals surface area contributed by atoms with Crippen molar-refractivity contribution in [2.45, 2.75) is 50.0 Å². The number of hydrogen-bond acceptors (Lipinski definition) is 6. The lowest BCUT2D eigenvalue weighted by Crippen LogP contribution is -2.45. The molecule has 2 aliphatic carbocycles. The van der Waals surface area contributed by atoms with Crippen molar-refractivity contribution in [3.8, 4) is 0 Å². The van der Waals surface area contributed by atoms with Gasteiger partial charge in [0.25, 0.3) is 11.5 Å². The molecule has 1 spiro atoms. The zero-order valence-electron chi connectivity index (χ0n) is 20.2. The smallest absolute Gasteiger partial charge is 0.290 e.